The lowest BCUT2D eigenvalue weighted by Crippen LogP contribution is -2.02. The highest BCUT2D eigenvalue weighted by atomic mass is 79.9. The van der Waals surface area contributed by atoms with Crippen LogP contribution in [0.4, 0.5) is 5.69 Å². The summed E-state index contributed by atoms with van der Waals surface area (Å²) in [5.74, 6) is 0. The second-order valence-electron chi connectivity index (χ2n) is 4.26. The van der Waals surface area contributed by atoms with Gasteiger partial charge in [-0.25, -0.2) is 0 Å². The number of anilines is 1. The molecule has 0 bridgehead atoms. The van der Waals surface area contributed by atoms with Crippen LogP contribution in [0.2, 0.25) is 5.02 Å². The minimum atomic E-state index is 0.742. The molecular weight excluding hydrogens is 389 g/mol. The second-order valence-corrected chi connectivity index (χ2v) is 6.43. The lowest BCUT2D eigenvalue weighted by atomic mass is 10.1. The van der Waals surface area contributed by atoms with E-state index in [0.29, 0.717) is 0 Å². The van der Waals surface area contributed by atoms with Crippen LogP contribution in [0.3, 0.4) is 0 Å². The van der Waals surface area contributed by atoms with Crippen molar-refractivity contribution in [2.24, 2.45) is 0 Å². The van der Waals surface area contributed by atoms with E-state index in [4.69, 9.17) is 11.6 Å². The van der Waals surface area contributed by atoms with Gasteiger partial charge in [0.15, 0.2) is 0 Å². The van der Waals surface area contributed by atoms with Gasteiger partial charge in [0.05, 0.1) is 5.02 Å². The molecule has 0 saturated carbocycles. The van der Waals surface area contributed by atoms with Gasteiger partial charge in [0.25, 0.3) is 0 Å². The molecule has 19 heavy (non-hydrogen) atoms. The van der Waals surface area contributed by atoms with Crippen molar-refractivity contribution in [3.8, 4) is 0 Å². The highest BCUT2D eigenvalue weighted by Gasteiger charge is 2.03. The molecule has 0 aliphatic rings. The van der Waals surface area contributed by atoms with Crippen molar-refractivity contribution >= 4 is 49.1 Å². The van der Waals surface area contributed by atoms with Crippen LogP contribution in [0.1, 0.15) is 18.1 Å². The molecule has 2 aromatic carbocycles. The average molecular weight is 404 g/mol. The molecule has 0 aliphatic heterocycles. The van der Waals surface area contributed by atoms with Gasteiger partial charge >= 0.3 is 0 Å². The predicted molar refractivity (Wildman–Crippen MR) is 90.0 cm³/mol. The molecule has 0 saturated heterocycles. The molecule has 0 spiro atoms. The summed E-state index contributed by atoms with van der Waals surface area (Å²) in [6, 6.07) is 12.3. The number of rotatable bonds is 4. The first kappa shape index (κ1) is 14.9. The Balaban J connectivity index is 2.12. The molecule has 2 aromatic rings. The van der Waals surface area contributed by atoms with Crippen molar-refractivity contribution in [1.29, 1.82) is 0 Å². The Bertz CT molecular complexity index is 584. The Morgan fingerprint density at radius 3 is 2.58 bits per heavy atom. The van der Waals surface area contributed by atoms with Crippen molar-refractivity contribution in [3.63, 3.8) is 0 Å². The number of benzene rings is 2. The Labute approximate surface area is 135 Å². The number of halogens is 3. The van der Waals surface area contributed by atoms with Crippen molar-refractivity contribution in [2.75, 3.05) is 5.32 Å². The normalized spacial score (nSPS) is 10.5. The van der Waals surface area contributed by atoms with Crippen LogP contribution in [0.15, 0.2) is 45.3 Å². The largest absolute Gasteiger partial charge is 0.381 e. The van der Waals surface area contributed by atoms with Gasteiger partial charge in [0.2, 0.25) is 0 Å². The zero-order chi connectivity index (χ0) is 13.8. The maximum atomic E-state index is 6.09. The third-order valence-electron chi connectivity index (χ3n) is 2.92. The van der Waals surface area contributed by atoms with Gasteiger partial charge in [-0.3, -0.25) is 0 Å². The van der Waals surface area contributed by atoms with E-state index < -0.39 is 0 Å². The Kier molecular flexibility index (Phi) is 5.31. The molecule has 2 rings (SSSR count). The molecule has 0 amide bonds. The molecule has 1 nitrogen and oxygen atoms in total. The first-order chi connectivity index (χ1) is 9.10. The fourth-order valence-corrected chi connectivity index (χ4v) is 2.73. The Morgan fingerprint density at radius 2 is 1.89 bits per heavy atom. The van der Waals surface area contributed by atoms with E-state index in [1.165, 1.54) is 11.3 Å². The molecule has 4 heteroatoms. The molecule has 0 heterocycles. The van der Waals surface area contributed by atoms with Crippen LogP contribution in [-0.2, 0) is 13.0 Å². The summed E-state index contributed by atoms with van der Waals surface area (Å²) in [6.45, 7) is 2.92. The minimum Gasteiger partial charge on any atom is -0.381 e. The molecule has 0 aromatic heterocycles. The molecule has 0 unspecified atom stereocenters. The van der Waals surface area contributed by atoms with Gasteiger partial charge in [0, 0.05) is 21.2 Å². The maximum Gasteiger partial charge on any atom is 0.0551 e. The van der Waals surface area contributed by atoms with Crippen molar-refractivity contribution < 1.29 is 0 Å². The van der Waals surface area contributed by atoms with E-state index in [2.05, 4.69) is 68.4 Å². The second kappa shape index (κ2) is 6.78. The summed E-state index contributed by atoms with van der Waals surface area (Å²) >= 11 is 13.0. The Hall–Kier alpha value is -0.510. The lowest BCUT2D eigenvalue weighted by molar-refractivity contribution is 1.09. The first-order valence-corrected chi connectivity index (χ1v) is 8.02. The van der Waals surface area contributed by atoms with Crippen LogP contribution < -0.4 is 5.32 Å². The fraction of sp³-hybridized carbons (Fsp3) is 0.200. The minimum absolute atomic E-state index is 0.742. The smallest absolute Gasteiger partial charge is 0.0551 e. The van der Waals surface area contributed by atoms with Crippen molar-refractivity contribution in [1.82, 2.24) is 0 Å². The molecule has 0 radical (unpaired) electrons. The highest BCUT2D eigenvalue weighted by molar-refractivity contribution is 9.10. The van der Waals surface area contributed by atoms with Crippen molar-refractivity contribution in [2.45, 2.75) is 19.9 Å². The third-order valence-corrected chi connectivity index (χ3v) is 4.64. The van der Waals surface area contributed by atoms with Crippen LogP contribution in [0, 0.1) is 0 Å². The number of hydrogen-bond donors (Lipinski definition) is 1. The number of nitrogens with one attached hydrogen (secondary N) is 1. The summed E-state index contributed by atoms with van der Waals surface area (Å²) in [5, 5.41) is 4.20. The van der Waals surface area contributed by atoms with Gasteiger partial charge in [-0.15, -0.1) is 0 Å². The van der Waals surface area contributed by atoms with Gasteiger partial charge < -0.3 is 5.32 Å². The molecule has 100 valence electrons. The predicted octanol–water partition coefficient (Wildman–Crippen LogP) is 6.04. The van der Waals surface area contributed by atoms with E-state index in [9.17, 15) is 0 Å². The summed E-state index contributed by atoms with van der Waals surface area (Å²) in [4.78, 5) is 0. The van der Waals surface area contributed by atoms with Crippen LogP contribution >= 0.6 is 43.5 Å². The highest BCUT2D eigenvalue weighted by Crippen LogP contribution is 2.25. The van der Waals surface area contributed by atoms with Gasteiger partial charge in [-0.05, 0) is 63.8 Å². The quantitative estimate of drug-likeness (QED) is 0.656. The van der Waals surface area contributed by atoms with Crippen molar-refractivity contribution in [3.05, 3.63) is 61.5 Å². The van der Waals surface area contributed by atoms with Crippen LogP contribution in [0.5, 0.6) is 0 Å². The third kappa shape index (κ3) is 3.98. The van der Waals surface area contributed by atoms with Crippen LogP contribution in [-0.4, -0.2) is 0 Å². The van der Waals surface area contributed by atoms with E-state index in [1.807, 2.05) is 12.1 Å². The van der Waals surface area contributed by atoms with E-state index >= 15 is 0 Å². The lowest BCUT2D eigenvalue weighted by Gasteiger charge is -2.12. The fourth-order valence-electron chi connectivity index (χ4n) is 1.87. The topological polar surface area (TPSA) is 12.0 Å². The first-order valence-electron chi connectivity index (χ1n) is 6.06. The monoisotopic (exact) mass is 401 g/mol. The summed E-state index contributed by atoms with van der Waals surface area (Å²) in [5.41, 5.74) is 3.64. The van der Waals surface area contributed by atoms with E-state index in [0.717, 1.165) is 32.5 Å². The summed E-state index contributed by atoms with van der Waals surface area (Å²) in [6.07, 6.45) is 1.00. The number of hydrogen-bond acceptors (Lipinski definition) is 1. The van der Waals surface area contributed by atoms with E-state index in [-0.39, 0.29) is 0 Å². The van der Waals surface area contributed by atoms with Gasteiger partial charge in [-0.1, -0.05) is 40.5 Å². The molecular formula is C15H14Br2ClN. The molecule has 0 atom stereocenters. The van der Waals surface area contributed by atoms with E-state index in [1.54, 1.807) is 0 Å². The molecule has 1 N–H and O–H groups in total. The molecule has 0 fully saturated rings. The summed E-state index contributed by atoms with van der Waals surface area (Å²) < 4.78 is 2.04. The summed E-state index contributed by atoms with van der Waals surface area (Å²) in [7, 11) is 0. The number of aryl methyl sites for hydroxylation is 1. The standard InChI is InChI=1S/C15H14Br2ClN/c1-2-11-8-12(16)4-6-15(11)19-9-10-3-5-13(17)14(18)7-10/h3-8,19H,2,9H2,1H3. The van der Waals surface area contributed by atoms with Crippen LogP contribution in [0.25, 0.3) is 0 Å². The average Bonchev–Trinajstić information content (AvgIpc) is 2.41. The maximum absolute atomic E-state index is 6.09. The zero-order valence-corrected chi connectivity index (χ0v) is 14.4. The Morgan fingerprint density at radius 1 is 1.11 bits per heavy atom. The van der Waals surface area contributed by atoms with Gasteiger partial charge in [-0.2, -0.15) is 0 Å². The molecule has 0 aliphatic carbocycles. The SMILES string of the molecule is CCc1cc(Br)ccc1NCc1ccc(Br)c(Cl)c1. The van der Waals surface area contributed by atoms with Gasteiger partial charge in [0.1, 0.15) is 0 Å². The zero-order valence-electron chi connectivity index (χ0n) is 10.5.